The molecule has 1 atom stereocenters. The standard InChI is InChI=1S/C19H18ClN3O2/c1-2-25-18(24)15-16(12-7-4-3-5-8-12)22-19(21)23-17(15)13-9-6-10-14(20)11-13/h3-11,17H,2H2,1H3,(H3,21,22,23). The number of aliphatic imine (C=N–C) groups is 1. The van der Waals surface area contributed by atoms with Crippen LogP contribution in [-0.2, 0) is 9.53 Å². The molecule has 1 aliphatic heterocycles. The molecule has 0 saturated heterocycles. The Labute approximate surface area is 151 Å². The number of nitrogens with zero attached hydrogens (tertiary/aromatic N) is 1. The van der Waals surface area contributed by atoms with E-state index in [4.69, 9.17) is 22.1 Å². The predicted molar refractivity (Wildman–Crippen MR) is 98.9 cm³/mol. The lowest BCUT2D eigenvalue weighted by molar-refractivity contribution is -0.138. The molecule has 6 heteroatoms. The monoisotopic (exact) mass is 355 g/mol. The van der Waals surface area contributed by atoms with Gasteiger partial charge in [0.15, 0.2) is 5.96 Å². The fraction of sp³-hybridized carbons (Fsp3) is 0.158. The third-order valence-corrected chi connectivity index (χ3v) is 4.02. The lowest BCUT2D eigenvalue weighted by atomic mass is 9.93. The molecule has 2 aromatic carbocycles. The van der Waals surface area contributed by atoms with E-state index in [9.17, 15) is 4.79 Å². The van der Waals surface area contributed by atoms with Gasteiger partial charge in [-0.25, -0.2) is 9.79 Å². The maximum absolute atomic E-state index is 12.7. The molecule has 0 bridgehead atoms. The zero-order valence-corrected chi connectivity index (χ0v) is 14.5. The molecular weight excluding hydrogens is 338 g/mol. The van der Waals surface area contributed by atoms with Crippen molar-refractivity contribution in [2.24, 2.45) is 10.7 Å². The van der Waals surface area contributed by atoms with Crippen LogP contribution in [0.2, 0.25) is 5.02 Å². The number of nitrogens with two attached hydrogens (primary N) is 1. The van der Waals surface area contributed by atoms with Crippen molar-refractivity contribution in [1.29, 1.82) is 0 Å². The molecule has 2 aromatic rings. The van der Waals surface area contributed by atoms with E-state index in [1.54, 1.807) is 19.1 Å². The molecule has 3 N–H and O–H groups in total. The van der Waals surface area contributed by atoms with Gasteiger partial charge in [-0.05, 0) is 30.2 Å². The zero-order valence-electron chi connectivity index (χ0n) is 13.7. The maximum atomic E-state index is 12.7. The molecule has 1 unspecified atom stereocenters. The van der Waals surface area contributed by atoms with Gasteiger partial charge in [0.2, 0.25) is 0 Å². The van der Waals surface area contributed by atoms with Gasteiger partial charge in [-0.3, -0.25) is 0 Å². The van der Waals surface area contributed by atoms with Crippen LogP contribution in [-0.4, -0.2) is 18.5 Å². The Bertz CT molecular complexity index is 847. The van der Waals surface area contributed by atoms with Crippen molar-refractivity contribution in [2.75, 3.05) is 6.61 Å². The van der Waals surface area contributed by atoms with E-state index in [2.05, 4.69) is 10.3 Å². The maximum Gasteiger partial charge on any atom is 0.338 e. The third kappa shape index (κ3) is 3.67. The van der Waals surface area contributed by atoms with Gasteiger partial charge in [0.05, 0.1) is 17.9 Å². The molecule has 0 radical (unpaired) electrons. The third-order valence-electron chi connectivity index (χ3n) is 3.79. The highest BCUT2D eigenvalue weighted by Crippen LogP contribution is 2.35. The molecule has 0 saturated carbocycles. The molecule has 0 amide bonds. The molecular formula is C19H18ClN3O2. The van der Waals surface area contributed by atoms with Gasteiger partial charge in [-0.1, -0.05) is 54.1 Å². The van der Waals surface area contributed by atoms with E-state index in [1.807, 2.05) is 42.5 Å². The first-order valence-electron chi connectivity index (χ1n) is 7.92. The first-order valence-corrected chi connectivity index (χ1v) is 8.30. The second-order valence-electron chi connectivity index (χ2n) is 5.47. The molecule has 5 nitrogen and oxygen atoms in total. The van der Waals surface area contributed by atoms with Gasteiger partial charge in [-0.2, -0.15) is 0 Å². The molecule has 0 fully saturated rings. The number of guanidine groups is 1. The van der Waals surface area contributed by atoms with Crippen molar-refractivity contribution >= 4 is 29.2 Å². The summed E-state index contributed by atoms with van der Waals surface area (Å²) in [5, 5.41) is 3.57. The van der Waals surface area contributed by atoms with Crippen molar-refractivity contribution in [3.8, 4) is 0 Å². The number of carbonyl (C=O) groups excluding carboxylic acids is 1. The SMILES string of the molecule is CCOC(=O)C1=C(c2ccccc2)NC(N)=NC1c1cccc(Cl)c1. The van der Waals surface area contributed by atoms with Crippen molar-refractivity contribution in [1.82, 2.24) is 5.32 Å². The van der Waals surface area contributed by atoms with Crippen LogP contribution in [0.5, 0.6) is 0 Å². The second-order valence-corrected chi connectivity index (χ2v) is 5.91. The first-order chi connectivity index (χ1) is 12.1. The van der Waals surface area contributed by atoms with Gasteiger partial charge < -0.3 is 15.8 Å². The average molecular weight is 356 g/mol. The summed E-state index contributed by atoms with van der Waals surface area (Å²) in [5.41, 5.74) is 8.59. The number of benzene rings is 2. The Balaban J connectivity index is 2.18. The summed E-state index contributed by atoms with van der Waals surface area (Å²) < 4.78 is 5.27. The highest BCUT2D eigenvalue weighted by Gasteiger charge is 2.32. The van der Waals surface area contributed by atoms with Crippen molar-refractivity contribution < 1.29 is 9.53 Å². The number of esters is 1. The Hall–Kier alpha value is -2.79. The predicted octanol–water partition coefficient (Wildman–Crippen LogP) is 3.27. The van der Waals surface area contributed by atoms with E-state index < -0.39 is 12.0 Å². The zero-order chi connectivity index (χ0) is 17.8. The van der Waals surface area contributed by atoms with E-state index in [0.29, 0.717) is 16.3 Å². The van der Waals surface area contributed by atoms with Crippen molar-refractivity contribution in [3.63, 3.8) is 0 Å². The van der Waals surface area contributed by atoms with Gasteiger partial charge >= 0.3 is 5.97 Å². The van der Waals surface area contributed by atoms with Crippen LogP contribution in [0.4, 0.5) is 0 Å². The van der Waals surface area contributed by atoms with Crippen molar-refractivity contribution in [2.45, 2.75) is 13.0 Å². The van der Waals surface area contributed by atoms with Crippen molar-refractivity contribution in [3.05, 3.63) is 76.3 Å². The van der Waals surface area contributed by atoms with E-state index in [1.165, 1.54) is 0 Å². The van der Waals surface area contributed by atoms with Crippen LogP contribution in [0.25, 0.3) is 5.70 Å². The van der Waals surface area contributed by atoms with Crippen LogP contribution in [0.3, 0.4) is 0 Å². The summed E-state index contributed by atoms with van der Waals surface area (Å²) in [6.45, 7) is 2.04. The molecule has 1 aliphatic rings. The average Bonchev–Trinajstić information content (AvgIpc) is 2.62. The largest absolute Gasteiger partial charge is 0.463 e. The van der Waals surface area contributed by atoms with Crippen LogP contribution in [0, 0.1) is 0 Å². The number of halogens is 1. The molecule has 25 heavy (non-hydrogen) atoms. The van der Waals surface area contributed by atoms with E-state index in [0.717, 1.165) is 11.1 Å². The topological polar surface area (TPSA) is 76.7 Å². The van der Waals surface area contributed by atoms with Crippen LogP contribution >= 0.6 is 11.6 Å². The second kappa shape index (κ2) is 7.40. The smallest absolute Gasteiger partial charge is 0.338 e. The molecule has 0 aliphatic carbocycles. The van der Waals surface area contributed by atoms with Gasteiger partial charge in [0.1, 0.15) is 6.04 Å². The minimum absolute atomic E-state index is 0.233. The van der Waals surface area contributed by atoms with Crippen LogP contribution in [0.15, 0.2) is 65.2 Å². The summed E-state index contributed by atoms with van der Waals surface area (Å²) in [6.07, 6.45) is 0. The fourth-order valence-corrected chi connectivity index (χ4v) is 2.94. The Morgan fingerprint density at radius 1 is 1.24 bits per heavy atom. The van der Waals surface area contributed by atoms with Crippen LogP contribution in [0.1, 0.15) is 24.1 Å². The normalized spacial score (nSPS) is 16.9. The van der Waals surface area contributed by atoms with Gasteiger partial charge in [0, 0.05) is 5.02 Å². The summed E-state index contributed by atoms with van der Waals surface area (Å²) in [4.78, 5) is 17.1. The van der Waals surface area contributed by atoms with Gasteiger partial charge in [0.25, 0.3) is 0 Å². The number of hydrogen-bond donors (Lipinski definition) is 2. The Morgan fingerprint density at radius 3 is 2.68 bits per heavy atom. The summed E-state index contributed by atoms with van der Waals surface area (Å²) in [6, 6.07) is 16.1. The molecule has 0 spiro atoms. The highest BCUT2D eigenvalue weighted by molar-refractivity contribution is 6.30. The highest BCUT2D eigenvalue weighted by atomic mass is 35.5. The molecule has 3 rings (SSSR count). The Kier molecular flexibility index (Phi) is 5.05. The van der Waals surface area contributed by atoms with Gasteiger partial charge in [-0.15, -0.1) is 0 Å². The molecule has 0 aromatic heterocycles. The fourth-order valence-electron chi connectivity index (χ4n) is 2.74. The Morgan fingerprint density at radius 2 is 2.00 bits per heavy atom. The summed E-state index contributed by atoms with van der Waals surface area (Å²) in [7, 11) is 0. The summed E-state index contributed by atoms with van der Waals surface area (Å²) >= 11 is 6.11. The lowest BCUT2D eigenvalue weighted by Gasteiger charge is -2.26. The number of hydrogen-bond acceptors (Lipinski definition) is 5. The lowest BCUT2D eigenvalue weighted by Crippen LogP contribution is -2.37. The number of ether oxygens (including phenoxy) is 1. The number of carbonyl (C=O) groups is 1. The van der Waals surface area contributed by atoms with E-state index >= 15 is 0 Å². The first kappa shape index (κ1) is 17.0. The summed E-state index contributed by atoms with van der Waals surface area (Å²) in [5.74, 6) is -0.202. The number of rotatable bonds is 4. The van der Waals surface area contributed by atoms with Crippen LogP contribution < -0.4 is 11.1 Å². The number of nitrogens with one attached hydrogen (secondary N) is 1. The quantitative estimate of drug-likeness (QED) is 0.825. The minimum Gasteiger partial charge on any atom is -0.463 e. The van der Waals surface area contributed by atoms with E-state index in [-0.39, 0.29) is 12.6 Å². The molecule has 1 heterocycles. The molecule has 128 valence electrons. The minimum atomic E-state index is -0.589.